The first-order chi connectivity index (χ1) is 5.93. The standard InChI is InChI=1S/C7H15N3O3/c1-4(11)3-10-7(13)5(8)2-6(9)12/h4-5,11H,2-3,8H2,1H3,(H2,9,12)(H,10,13)/t4-,5?/m1/s1. The van der Waals surface area contributed by atoms with E-state index in [1.165, 1.54) is 6.92 Å². The maximum Gasteiger partial charge on any atom is 0.237 e. The lowest BCUT2D eigenvalue weighted by Crippen LogP contribution is -2.44. The van der Waals surface area contributed by atoms with E-state index in [2.05, 4.69) is 5.32 Å². The smallest absolute Gasteiger partial charge is 0.237 e. The highest BCUT2D eigenvalue weighted by Gasteiger charge is 2.15. The quantitative estimate of drug-likeness (QED) is 0.388. The molecule has 0 spiro atoms. The van der Waals surface area contributed by atoms with Gasteiger partial charge in [0, 0.05) is 6.54 Å². The van der Waals surface area contributed by atoms with Crippen LogP contribution in [0.15, 0.2) is 0 Å². The van der Waals surface area contributed by atoms with Crippen molar-refractivity contribution in [2.75, 3.05) is 6.54 Å². The van der Waals surface area contributed by atoms with Crippen molar-refractivity contribution in [1.29, 1.82) is 0 Å². The molecule has 2 atom stereocenters. The van der Waals surface area contributed by atoms with Crippen molar-refractivity contribution in [3.63, 3.8) is 0 Å². The summed E-state index contributed by atoms with van der Waals surface area (Å²) in [5, 5.41) is 11.2. The average molecular weight is 189 g/mol. The Hall–Kier alpha value is -1.14. The van der Waals surface area contributed by atoms with Gasteiger partial charge in [0.1, 0.15) is 0 Å². The maximum atomic E-state index is 11.0. The van der Waals surface area contributed by atoms with Gasteiger partial charge in [0.25, 0.3) is 0 Å². The molecule has 0 aliphatic rings. The van der Waals surface area contributed by atoms with Crippen LogP contribution < -0.4 is 16.8 Å². The zero-order valence-electron chi connectivity index (χ0n) is 7.49. The second-order valence-electron chi connectivity index (χ2n) is 2.87. The molecule has 0 saturated heterocycles. The molecule has 1 unspecified atom stereocenters. The normalized spacial score (nSPS) is 14.7. The average Bonchev–Trinajstić information content (AvgIpc) is 1.98. The van der Waals surface area contributed by atoms with E-state index in [0.717, 1.165) is 0 Å². The molecule has 0 rings (SSSR count). The molecular formula is C7H15N3O3. The molecule has 6 heteroatoms. The Bertz CT molecular complexity index is 193. The van der Waals surface area contributed by atoms with Crippen molar-refractivity contribution in [2.45, 2.75) is 25.5 Å². The zero-order chi connectivity index (χ0) is 10.4. The number of nitrogens with one attached hydrogen (secondary N) is 1. The SMILES string of the molecule is C[C@@H](O)CNC(=O)C(N)CC(N)=O. The summed E-state index contributed by atoms with van der Waals surface area (Å²) < 4.78 is 0. The van der Waals surface area contributed by atoms with Crippen molar-refractivity contribution in [2.24, 2.45) is 11.5 Å². The Morgan fingerprint density at radius 1 is 1.54 bits per heavy atom. The summed E-state index contributed by atoms with van der Waals surface area (Å²) in [6, 6.07) is -0.934. The van der Waals surface area contributed by atoms with Gasteiger partial charge < -0.3 is 21.9 Å². The lowest BCUT2D eigenvalue weighted by atomic mass is 10.2. The minimum Gasteiger partial charge on any atom is -0.392 e. The number of nitrogens with two attached hydrogens (primary N) is 2. The van der Waals surface area contributed by atoms with E-state index < -0.39 is 24.0 Å². The first-order valence-electron chi connectivity index (χ1n) is 3.93. The highest BCUT2D eigenvalue weighted by molar-refractivity contribution is 5.87. The Kier molecular flexibility index (Phi) is 5.01. The molecule has 0 heterocycles. The van der Waals surface area contributed by atoms with E-state index >= 15 is 0 Å². The molecule has 0 bridgehead atoms. The van der Waals surface area contributed by atoms with Gasteiger partial charge in [0.2, 0.25) is 11.8 Å². The van der Waals surface area contributed by atoms with Crippen LogP contribution in [-0.2, 0) is 9.59 Å². The van der Waals surface area contributed by atoms with E-state index in [1.54, 1.807) is 0 Å². The van der Waals surface area contributed by atoms with Crippen molar-refractivity contribution >= 4 is 11.8 Å². The zero-order valence-corrected chi connectivity index (χ0v) is 7.49. The summed E-state index contributed by atoms with van der Waals surface area (Å²) in [5.41, 5.74) is 10.1. The molecule has 2 amide bonds. The molecule has 0 aromatic rings. The number of aliphatic hydroxyl groups is 1. The molecule has 76 valence electrons. The molecular weight excluding hydrogens is 174 g/mol. The first-order valence-corrected chi connectivity index (χ1v) is 3.93. The van der Waals surface area contributed by atoms with Crippen LogP contribution in [0.2, 0.25) is 0 Å². The molecule has 0 saturated carbocycles. The van der Waals surface area contributed by atoms with Crippen molar-refractivity contribution in [3.05, 3.63) is 0 Å². The van der Waals surface area contributed by atoms with Crippen LogP contribution >= 0.6 is 0 Å². The molecule has 0 aliphatic carbocycles. The number of hydrogen-bond donors (Lipinski definition) is 4. The third kappa shape index (κ3) is 6.06. The third-order valence-corrected chi connectivity index (χ3v) is 1.33. The van der Waals surface area contributed by atoms with Crippen LogP contribution in [0.1, 0.15) is 13.3 Å². The third-order valence-electron chi connectivity index (χ3n) is 1.33. The van der Waals surface area contributed by atoms with E-state index in [1.807, 2.05) is 0 Å². The Morgan fingerprint density at radius 2 is 2.08 bits per heavy atom. The number of aliphatic hydroxyl groups excluding tert-OH is 1. The second-order valence-corrected chi connectivity index (χ2v) is 2.87. The number of carbonyl (C=O) groups is 2. The van der Waals surface area contributed by atoms with Crippen molar-refractivity contribution < 1.29 is 14.7 Å². The summed E-state index contributed by atoms with van der Waals surface area (Å²) in [6.45, 7) is 1.64. The molecule has 0 aromatic carbocycles. The predicted octanol–water partition coefficient (Wildman–Crippen LogP) is -2.31. The molecule has 13 heavy (non-hydrogen) atoms. The molecule has 6 nitrogen and oxygen atoms in total. The lowest BCUT2D eigenvalue weighted by molar-refractivity contribution is -0.126. The summed E-state index contributed by atoms with van der Waals surface area (Å²) in [5.74, 6) is -1.11. The van der Waals surface area contributed by atoms with Gasteiger partial charge in [-0.1, -0.05) is 0 Å². The van der Waals surface area contributed by atoms with Crippen molar-refractivity contribution in [3.8, 4) is 0 Å². The van der Waals surface area contributed by atoms with Crippen LogP contribution in [0.3, 0.4) is 0 Å². The summed E-state index contributed by atoms with van der Waals surface area (Å²) >= 11 is 0. The van der Waals surface area contributed by atoms with Gasteiger partial charge in [-0.25, -0.2) is 0 Å². The van der Waals surface area contributed by atoms with Crippen LogP contribution in [0.4, 0.5) is 0 Å². The summed E-state index contributed by atoms with van der Waals surface area (Å²) in [6.07, 6.45) is -0.823. The topological polar surface area (TPSA) is 118 Å². The molecule has 0 aliphatic heterocycles. The van der Waals surface area contributed by atoms with Gasteiger partial charge >= 0.3 is 0 Å². The fourth-order valence-electron chi connectivity index (χ4n) is 0.689. The summed E-state index contributed by atoms with van der Waals surface area (Å²) in [7, 11) is 0. The molecule has 0 radical (unpaired) electrons. The predicted molar refractivity (Wildman–Crippen MR) is 46.5 cm³/mol. The number of carbonyl (C=O) groups excluding carboxylic acids is 2. The first kappa shape index (κ1) is 11.9. The monoisotopic (exact) mass is 189 g/mol. The van der Waals surface area contributed by atoms with Crippen LogP contribution in [-0.4, -0.2) is 35.6 Å². The molecule has 0 aromatic heterocycles. The van der Waals surface area contributed by atoms with Gasteiger partial charge in [-0.15, -0.1) is 0 Å². The Labute approximate surface area is 76.3 Å². The number of amides is 2. The minimum absolute atomic E-state index is 0.116. The van der Waals surface area contributed by atoms with Crippen LogP contribution in [0.25, 0.3) is 0 Å². The minimum atomic E-state index is -0.934. The van der Waals surface area contributed by atoms with Gasteiger partial charge in [0.05, 0.1) is 18.6 Å². The van der Waals surface area contributed by atoms with Gasteiger partial charge in [-0.3, -0.25) is 9.59 Å². The number of primary amides is 1. The number of hydrogen-bond acceptors (Lipinski definition) is 4. The van der Waals surface area contributed by atoms with Gasteiger partial charge in [-0.05, 0) is 6.92 Å². The van der Waals surface area contributed by atoms with Crippen molar-refractivity contribution in [1.82, 2.24) is 5.32 Å². The van der Waals surface area contributed by atoms with E-state index in [0.29, 0.717) is 0 Å². The second kappa shape index (κ2) is 5.50. The van der Waals surface area contributed by atoms with E-state index in [-0.39, 0.29) is 13.0 Å². The van der Waals surface area contributed by atoms with Crippen LogP contribution in [0.5, 0.6) is 0 Å². The highest BCUT2D eigenvalue weighted by atomic mass is 16.3. The Morgan fingerprint density at radius 3 is 2.46 bits per heavy atom. The molecule has 6 N–H and O–H groups in total. The number of rotatable bonds is 5. The lowest BCUT2D eigenvalue weighted by Gasteiger charge is -2.11. The van der Waals surface area contributed by atoms with Gasteiger partial charge in [0.15, 0.2) is 0 Å². The Balaban J connectivity index is 3.76. The fraction of sp³-hybridized carbons (Fsp3) is 0.714. The van der Waals surface area contributed by atoms with Gasteiger partial charge in [-0.2, -0.15) is 0 Å². The summed E-state index contributed by atoms with van der Waals surface area (Å²) in [4.78, 5) is 21.4. The van der Waals surface area contributed by atoms with Crippen LogP contribution in [0, 0.1) is 0 Å². The van der Waals surface area contributed by atoms with E-state index in [9.17, 15) is 9.59 Å². The fourth-order valence-corrected chi connectivity index (χ4v) is 0.689. The molecule has 0 fully saturated rings. The maximum absolute atomic E-state index is 11.0. The highest BCUT2D eigenvalue weighted by Crippen LogP contribution is 1.87. The largest absolute Gasteiger partial charge is 0.392 e. The van der Waals surface area contributed by atoms with E-state index in [4.69, 9.17) is 16.6 Å².